The van der Waals surface area contributed by atoms with E-state index in [-0.39, 0.29) is 11.7 Å². The quantitative estimate of drug-likeness (QED) is 0.0684. The number of nitrogens with two attached hydrogens (primary N) is 3. The van der Waals surface area contributed by atoms with Gasteiger partial charge in [0, 0.05) is 13.1 Å². The van der Waals surface area contributed by atoms with E-state index in [1.54, 1.807) is 0 Å². The van der Waals surface area contributed by atoms with Crippen LogP contribution in [0, 0.1) is 5.41 Å². The molecule has 0 saturated carbocycles. The summed E-state index contributed by atoms with van der Waals surface area (Å²) < 4.78 is 0. The van der Waals surface area contributed by atoms with E-state index in [0.717, 1.165) is 0 Å². The first-order valence-electron chi connectivity index (χ1n) is 12.1. The predicted molar refractivity (Wildman–Crippen MR) is 131 cm³/mol. The highest BCUT2D eigenvalue weighted by Crippen LogP contribution is 2.20. The van der Waals surface area contributed by atoms with Gasteiger partial charge in [-0.1, -0.05) is 0 Å². The molecule has 0 aliphatic carbocycles. The lowest BCUT2D eigenvalue weighted by Crippen LogP contribution is -2.57. The van der Waals surface area contributed by atoms with Crippen molar-refractivity contribution < 1.29 is 24.3 Å². The first-order chi connectivity index (χ1) is 16.5. The predicted octanol–water partition coefficient (Wildman–Crippen LogP) is -2.36. The Morgan fingerprint density at radius 1 is 1.11 bits per heavy atom. The molecule has 0 radical (unpaired) electrons. The van der Waals surface area contributed by atoms with E-state index in [9.17, 15) is 24.3 Å². The number of carbonyl (C=O) groups is 4. The molecule has 0 bridgehead atoms. The lowest BCUT2D eigenvalue weighted by molar-refractivity contribution is -0.142. The number of guanidine groups is 1. The number of unbranched alkanes of at least 4 members (excludes halogenated alkanes) is 1. The summed E-state index contributed by atoms with van der Waals surface area (Å²) in [4.78, 5) is 52.3. The van der Waals surface area contributed by atoms with Gasteiger partial charge in [-0.15, -0.1) is 0 Å². The maximum atomic E-state index is 13.4. The van der Waals surface area contributed by atoms with Crippen molar-refractivity contribution in [3.05, 3.63) is 0 Å². The van der Waals surface area contributed by atoms with Gasteiger partial charge in [0.15, 0.2) is 11.7 Å². The second-order valence-corrected chi connectivity index (χ2v) is 8.96. The van der Waals surface area contributed by atoms with Crippen LogP contribution in [0.2, 0.25) is 0 Å². The summed E-state index contributed by atoms with van der Waals surface area (Å²) in [6.07, 6.45) is 2.38. The summed E-state index contributed by atoms with van der Waals surface area (Å²) in [5.41, 5.74) is 16.5. The van der Waals surface area contributed by atoms with E-state index in [0.29, 0.717) is 64.6 Å². The van der Waals surface area contributed by atoms with Gasteiger partial charge in [0.2, 0.25) is 17.7 Å². The van der Waals surface area contributed by atoms with Crippen molar-refractivity contribution in [2.75, 3.05) is 19.6 Å². The number of hydrogen-bond acceptors (Lipinski definition) is 8. The van der Waals surface area contributed by atoms with Gasteiger partial charge < -0.3 is 43.2 Å². The maximum Gasteiger partial charge on any atom is 0.245 e. The molecule has 1 aliphatic heterocycles. The minimum atomic E-state index is -1.19. The number of carbonyl (C=O) groups excluding carboxylic acids is 4. The van der Waals surface area contributed by atoms with Gasteiger partial charge >= 0.3 is 0 Å². The van der Waals surface area contributed by atoms with Gasteiger partial charge in [-0.25, -0.2) is 0 Å². The second kappa shape index (κ2) is 15.3. The Morgan fingerprint density at radius 2 is 1.77 bits per heavy atom. The number of amides is 3. The van der Waals surface area contributed by atoms with Gasteiger partial charge in [0.25, 0.3) is 0 Å². The van der Waals surface area contributed by atoms with Crippen LogP contribution in [0.25, 0.3) is 0 Å². The smallest absolute Gasteiger partial charge is 0.245 e. The van der Waals surface area contributed by atoms with E-state index in [1.807, 2.05) is 0 Å². The Hall–Kier alpha value is -2.77. The third-order valence-corrected chi connectivity index (χ3v) is 6.01. The molecule has 5 atom stereocenters. The molecule has 0 spiro atoms. The zero-order chi connectivity index (χ0) is 26.5. The highest BCUT2D eigenvalue weighted by atomic mass is 16.3. The number of rotatable bonds is 15. The number of hydrogen-bond donors (Lipinski definition) is 8. The molecule has 3 amide bonds. The van der Waals surface area contributed by atoms with Crippen LogP contribution in [0.5, 0.6) is 0 Å². The number of nitrogens with one attached hydrogen (secondary N) is 4. The Kier molecular flexibility index (Phi) is 13.2. The molecule has 13 heteroatoms. The molecule has 1 saturated heterocycles. The Labute approximate surface area is 206 Å². The fourth-order valence-corrected chi connectivity index (χ4v) is 3.91. The highest BCUT2D eigenvalue weighted by molar-refractivity contribution is 5.95. The lowest BCUT2D eigenvalue weighted by Gasteiger charge is -2.30. The van der Waals surface area contributed by atoms with Crippen molar-refractivity contribution in [3.63, 3.8) is 0 Å². The summed E-state index contributed by atoms with van der Waals surface area (Å²) in [6, 6.07) is -3.59. The molecule has 13 nitrogen and oxygen atoms in total. The Bertz CT molecular complexity index is 747. The Balaban J connectivity index is 2.88. The standard InChI is InChI=1S/C22H42N8O5/c1-13(31)15(8-5-11-27-22(25)26)28-19(33)17-9-6-12-30(17)21(35)16(7-3-4-10-23)29-20(34)18(24)14(2)32/h14-18,32H,3-12,23-24H2,1-2H3,(H,28,33)(H,29,34)(H4,25,26,27)/t14-,15+,16+,17+,18+/m1/s1. The third kappa shape index (κ3) is 10.2. The van der Waals surface area contributed by atoms with Crippen molar-refractivity contribution in [1.82, 2.24) is 20.9 Å². The molecule has 1 aliphatic rings. The summed E-state index contributed by atoms with van der Waals surface area (Å²) in [5.74, 6) is -1.87. The molecule has 1 fully saturated rings. The van der Waals surface area contributed by atoms with E-state index in [1.165, 1.54) is 18.7 Å². The summed E-state index contributed by atoms with van der Waals surface area (Å²) in [7, 11) is 0. The average molecular weight is 499 g/mol. The number of ketones is 1. The van der Waals surface area contributed by atoms with Gasteiger partial charge in [-0.3, -0.25) is 24.6 Å². The zero-order valence-corrected chi connectivity index (χ0v) is 20.7. The van der Waals surface area contributed by atoms with Crippen LogP contribution in [0.15, 0.2) is 0 Å². The van der Waals surface area contributed by atoms with Crippen LogP contribution in [0.1, 0.15) is 58.8 Å². The van der Waals surface area contributed by atoms with Gasteiger partial charge in [-0.05, 0) is 65.3 Å². The lowest BCUT2D eigenvalue weighted by atomic mass is 10.0. The van der Waals surface area contributed by atoms with Crippen molar-refractivity contribution in [1.29, 1.82) is 5.41 Å². The largest absolute Gasteiger partial charge is 0.391 e. The molecule has 1 rings (SSSR count). The number of aliphatic hydroxyl groups is 1. The van der Waals surface area contributed by atoms with Crippen LogP contribution in [-0.2, 0) is 19.2 Å². The minimum Gasteiger partial charge on any atom is -0.391 e. The van der Waals surface area contributed by atoms with Gasteiger partial charge in [-0.2, -0.15) is 0 Å². The van der Waals surface area contributed by atoms with E-state index >= 15 is 0 Å². The van der Waals surface area contributed by atoms with Gasteiger partial charge in [0.1, 0.15) is 18.1 Å². The van der Waals surface area contributed by atoms with E-state index in [4.69, 9.17) is 22.6 Å². The van der Waals surface area contributed by atoms with Crippen LogP contribution < -0.4 is 33.2 Å². The molecule has 0 aromatic rings. The number of Topliss-reactive ketones (excluding diaryl/α,β-unsaturated/α-hetero) is 1. The van der Waals surface area contributed by atoms with Crippen LogP contribution in [-0.4, -0.2) is 89.4 Å². The molecule has 200 valence electrons. The number of nitrogens with zero attached hydrogens (tertiary/aromatic N) is 1. The molecule has 1 heterocycles. The molecular weight excluding hydrogens is 456 g/mol. The third-order valence-electron chi connectivity index (χ3n) is 6.01. The monoisotopic (exact) mass is 498 g/mol. The number of aliphatic hydroxyl groups excluding tert-OH is 1. The fraction of sp³-hybridized carbons (Fsp3) is 0.773. The fourth-order valence-electron chi connectivity index (χ4n) is 3.91. The molecular formula is C22H42N8O5. The van der Waals surface area contributed by atoms with Crippen molar-refractivity contribution in [3.8, 4) is 0 Å². The van der Waals surface area contributed by atoms with E-state index < -0.39 is 48.0 Å². The topological polar surface area (TPSA) is 230 Å². The van der Waals surface area contributed by atoms with Crippen molar-refractivity contribution in [2.24, 2.45) is 17.2 Å². The molecule has 35 heavy (non-hydrogen) atoms. The average Bonchev–Trinajstić information content (AvgIpc) is 3.29. The Morgan fingerprint density at radius 3 is 2.34 bits per heavy atom. The van der Waals surface area contributed by atoms with Gasteiger partial charge in [0.05, 0.1) is 12.1 Å². The second-order valence-electron chi connectivity index (χ2n) is 8.96. The highest BCUT2D eigenvalue weighted by Gasteiger charge is 2.38. The normalized spacial score (nSPS) is 18.8. The minimum absolute atomic E-state index is 0.170. The molecule has 11 N–H and O–H groups in total. The van der Waals surface area contributed by atoms with Crippen molar-refractivity contribution in [2.45, 2.75) is 89.1 Å². The maximum absolute atomic E-state index is 13.4. The van der Waals surface area contributed by atoms with Crippen LogP contribution in [0.3, 0.4) is 0 Å². The van der Waals surface area contributed by atoms with Crippen molar-refractivity contribution >= 4 is 29.5 Å². The van der Waals surface area contributed by atoms with Crippen LogP contribution in [0.4, 0.5) is 0 Å². The summed E-state index contributed by atoms with van der Waals surface area (Å²) in [6.45, 7) is 3.94. The molecule has 0 aromatic carbocycles. The summed E-state index contributed by atoms with van der Waals surface area (Å²) >= 11 is 0. The first-order valence-corrected chi connectivity index (χ1v) is 12.1. The molecule has 0 aromatic heterocycles. The molecule has 0 unspecified atom stereocenters. The SMILES string of the molecule is CC(=O)[C@H](CCCNC(=N)N)NC(=O)[C@@H]1CCCN1C(=O)[C@H](CCCCN)NC(=O)[C@@H](N)[C@@H](C)O. The first kappa shape index (κ1) is 30.3. The van der Waals surface area contributed by atoms with Crippen LogP contribution >= 0.6 is 0 Å². The zero-order valence-electron chi connectivity index (χ0n) is 20.7. The summed E-state index contributed by atoms with van der Waals surface area (Å²) in [5, 5.41) is 24.8. The number of likely N-dealkylation sites (tertiary alicyclic amines) is 1. The van der Waals surface area contributed by atoms with E-state index in [2.05, 4.69) is 16.0 Å².